The molecule has 1 heterocycles. The molecule has 2 aliphatic rings. The quantitative estimate of drug-likeness (QED) is 0.883. The van der Waals surface area contributed by atoms with E-state index in [1.807, 2.05) is 0 Å². The predicted octanol–water partition coefficient (Wildman–Crippen LogP) is 2.01. The molecule has 5 heteroatoms. The van der Waals surface area contributed by atoms with E-state index in [0.717, 1.165) is 12.3 Å². The van der Waals surface area contributed by atoms with Gasteiger partial charge >= 0.3 is 5.97 Å². The normalized spacial score (nSPS) is 27.6. The molecule has 0 radical (unpaired) electrons. The van der Waals surface area contributed by atoms with Crippen molar-refractivity contribution < 1.29 is 14.7 Å². The molecule has 3 unspecified atom stereocenters. The number of carbonyl (C=O) groups excluding carboxylic acids is 1. The lowest BCUT2D eigenvalue weighted by Crippen LogP contribution is -2.38. The molecule has 1 aromatic heterocycles. The van der Waals surface area contributed by atoms with E-state index in [-0.39, 0.29) is 17.5 Å². The van der Waals surface area contributed by atoms with Gasteiger partial charge in [0.2, 0.25) is 0 Å². The predicted molar refractivity (Wildman–Crippen MR) is 72.6 cm³/mol. The van der Waals surface area contributed by atoms with Gasteiger partial charge in [-0.05, 0) is 50.2 Å². The number of hydrogen-bond acceptors (Lipinski definition) is 3. The first-order valence-electron chi connectivity index (χ1n) is 7.06. The average molecular weight is 274 g/mol. The first-order chi connectivity index (χ1) is 9.54. The molecule has 0 spiro atoms. The van der Waals surface area contributed by atoms with Crippen molar-refractivity contribution in [1.29, 1.82) is 0 Å². The maximum Gasteiger partial charge on any atom is 0.337 e. The SMILES string of the molecule is Cc1nc(C(=O)NC2CC3CCC2C3)ccc1C(=O)O. The molecule has 3 atom stereocenters. The van der Waals surface area contributed by atoms with Crippen LogP contribution in [0.2, 0.25) is 0 Å². The highest BCUT2D eigenvalue weighted by atomic mass is 16.4. The van der Waals surface area contributed by atoms with Crippen molar-refractivity contribution in [3.05, 3.63) is 29.1 Å². The van der Waals surface area contributed by atoms with Gasteiger partial charge in [0.05, 0.1) is 11.3 Å². The molecular weight excluding hydrogens is 256 g/mol. The molecule has 2 aliphatic carbocycles. The minimum absolute atomic E-state index is 0.140. The zero-order chi connectivity index (χ0) is 14.3. The Morgan fingerprint density at radius 3 is 2.65 bits per heavy atom. The summed E-state index contributed by atoms with van der Waals surface area (Å²) in [4.78, 5) is 27.2. The van der Waals surface area contributed by atoms with Crippen LogP contribution in [-0.2, 0) is 0 Å². The number of aromatic nitrogens is 1. The second-order valence-electron chi connectivity index (χ2n) is 5.89. The zero-order valence-corrected chi connectivity index (χ0v) is 11.4. The van der Waals surface area contributed by atoms with Crippen molar-refractivity contribution >= 4 is 11.9 Å². The fraction of sp³-hybridized carbons (Fsp3) is 0.533. The molecule has 2 bridgehead atoms. The van der Waals surface area contributed by atoms with E-state index in [1.54, 1.807) is 6.92 Å². The number of nitrogens with one attached hydrogen (secondary N) is 1. The number of fused-ring (bicyclic) bond motifs is 2. The molecule has 5 nitrogen and oxygen atoms in total. The van der Waals surface area contributed by atoms with Gasteiger partial charge in [-0.25, -0.2) is 9.78 Å². The maximum absolute atomic E-state index is 12.2. The Bertz CT molecular complexity index is 570. The van der Waals surface area contributed by atoms with Gasteiger partial charge in [0.15, 0.2) is 0 Å². The Morgan fingerprint density at radius 2 is 2.10 bits per heavy atom. The highest BCUT2D eigenvalue weighted by molar-refractivity contribution is 5.94. The summed E-state index contributed by atoms with van der Waals surface area (Å²) in [6.07, 6.45) is 4.81. The highest BCUT2D eigenvalue weighted by Gasteiger charge is 2.40. The van der Waals surface area contributed by atoms with Gasteiger partial charge in [-0.1, -0.05) is 6.42 Å². The van der Waals surface area contributed by atoms with Gasteiger partial charge in [-0.2, -0.15) is 0 Å². The van der Waals surface area contributed by atoms with Crippen molar-refractivity contribution in [2.24, 2.45) is 11.8 Å². The minimum atomic E-state index is -1.02. The second-order valence-corrected chi connectivity index (χ2v) is 5.89. The number of pyridine rings is 1. The minimum Gasteiger partial charge on any atom is -0.478 e. The number of aromatic carboxylic acids is 1. The summed E-state index contributed by atoms with van der Waals surface area (Å²) < 4.78 is 0. The summed E-state index contributed by atoms with van der Waals surface area (Å²) in [7, 11) is 0. The Balaban J connectivity index is 1.71. The molecule has 2 fully saturated rings. The Labute approximate surface area is 117 Å². The van der Waals surface area contributed by atoms with Crippen LogP contribution in [0.5, 0.6) is 0 Å². The number of carboxylic acids is 1. The summed E-state index contributed by atoms with van der Waals surface area (Å²) in [6.45, 7) is 1.61. The monoisotopic (exact) mass is 274 g/mol. The molecule has 2 saturated carbocycles. The number of nitrogens with zero attached hydrogens (tertiary/aromatic N) is 1. The van der Waals surface area contributed by atoms with Crippen LogP contribution >= 0.6 is 0 Å². The third kappa shape index (κ3) is 2.28. The summed E-state index contributed by atoms with van der Waals surface area (Å²) in [6, 6.07) is 3.20. The lowest BCUT2D eigenvalue weighted by Gasteiger charge is -2.22. The molecule has 20 heavy (non-hydrogen) atoms. The summed E-state index contributed by atoms with van der Waals surface area (Å²) in [5, 5.41) is 12.0. The Morgan fingerprint density at radius 1 is 1.30 bits per heavy atom. The molecule has 1 aromatic rings. The molecule has 3 rings (SSSR count). The van der Waals surface area contributed by atoms with Gasteiger partial charge < -0.3 is 10.4 Å². The van der Waals surface area contributed by atoms with Gasteiger partial charge in [-0.15, -0.1) is 0 Å². The van der Waals surface area contributed by atoms with Crippen LogP contribution in [-0.4, -0.2) is 28.0 Å². The zero-order valence-electron chi connectivity index (χ0n) is 11.4. The fourth-order valence-electron chi connectivity index (χ4n) is 3.58. The summed E-state index contributed by atoms with van der Waals surface area (Å²) in [5.74, 6) is 0.176. The van der Waals surface area contributed by atoms with Crippen LogP contribution in [0, 0.1) is 18.8 Å². The number of rotatable bonds is 3. The second kappa shape index (κ2) is 4.89. The first kappa shape index (κ1) is 13.1. The van der Waals surface area contributed by atoms with Gasteiger partial charge in [0, 0.05) is 6.04 Å². The smallest absolute Gasteiger partial charge is 0.337 e. The number of hydrogen-bond donors (Lipinski definition) is 2. The lowest BCUT2D eigenvalue weighted by molar-refractivity contribution is 0.0694. The lowest BCUT2D eigenvalue weighted by atomic mass is 9.95. The van der Waals surface area contributed by atoms with E-state index >= 15 is 0 Å². The van der Waals surface area contributed by atoms with Crippen molar-refractivity contribution in [1.82, 2.24) is 10.3 Å². The van der Waals surface area contributed by atoms with Crippen molar-refractivity contribution in [2.45, 2.75) is 38.6 Å². The third-order valence-corrected chi connectivity index (χ3v) is 4.60. The number of aryl methyl sites for hydroxylation is 1. The number of amides is 1. The summed E-state index contributed by atoms with van der Waals surface area (Å²) in [5.41, 5.74) is 0.815. The standard InChI is InChI=1S/C15H18N2O3/c1-8-11(15(19)20)4-5-12(16-8)14(18)17-13-7-9-2-3-10(13)6-9/h4-5,9-10,13H,2-3,6-7H2,1H3,(H,17,18)(H,19,20). The molecular formula is C15H18N2O3. The molecule has 0 aromatic carbocycles. The van der Waals surface area contributed by atoms with E-state index in [2.05, 4.69) is 10.3 Å². The van der Waals surface area contributed by atoms with E-state index in [9.17, 15) is 9.59 Å². The molecule has 0 aliphatic heterocycles. The Hall–Kier alpha value is -1.91. The largest absolute Gasteiger partial charge is 0.478 e. The van der Waals surface area contributed by atoms with Crippen molar-refractivity contribution in [2.75, 3.05) is 0 Å². The van der Waals surface area contributed by atoms with Crippen LogP contribution in [0.3, 0.4) is 0 Å². The molecule has 106 valence electrons. The fourth-order valence-corrected chi connectivity index (χ4v) is 3.58. The van der Waals surface area contributed by atoms with Crippen LogP contribution in [0.1, 0.15) is 52.2 Å². The highest BCUT2D eigenvalue weighted by Crippen LogP contribution is 2.44. The van der Waals surface area contributed by atoms with Gasteiger partial charge in [0.1, 0.15) is 5.69 Å². The van der Waals surface area contributed by atoms with Crippen LogP contribution in [0.15, 0.2) is 12.1 Å². The maximum atomic E-state index is 12.2. The average Bonchev–Trinajstić information content (AvgIpc) is 3.00. The van der Waals surface area contributed by atoms with E-state index in [0.29, 0.717) is 17.3 Å². The first-order valence-corrected chi connectivity index (χ1v) is 7.06. The summed E-state index contributed by atoms with van der Waals surface area (Å²) >= 11 is 0. The van der Waals surface area contributed by atoms with E-state index in [4.69, 9.17) is 5.11 Å². The Kier molecular flexibility index (Phi) is 3.20. The topological polar surface area (TPSA) is 79.3 Å². The molecule has 2 N–H and O–H groups in total. The van der Waals surface area contributed by atoms with Gasteiger partial charge in [-0.3, -0.25) is 4.79 Å². The van der Waals surface area contributed by atoms with E-state index < -0.39 is 5.97 Å². The van der Waals surface area contributed by atoms with Crippen molar-refractivity contribution in [3.8, 4) is 0 Å². The van der Waals surface area contributed by atoms with E-state index in [1.165, 1.54) is 31.4 Å². The van der Waals surface area contributed by atoms with Gasteiger partial charge in [0.25, 0.3) is 5.91 Å². The van der Waals surface area contributed by atoms with Crippen LogP contribution < -0.4 is 5.32 Å². The van der Waals surface area contributed by atoms with Crippen LogP contribution in [0.25, 0.3) is 0 Å². The number of carboxylic acid groups (broad SMARTS) is 1. The van der Waals surface area contributed by atoms with Crippen LogP contribution in [0.4, 0.5) is 0 Å². The van der Waals surface area contributed by atoms with Crippen molar-refractivity contribution in [3.63, 3.8) is 0 Å². The third-order valence-electron chi connectivity index (χ3n) is 4.60. The molecule has 0 saturated heterocycles. The molecule has 1 amide bonds. The number of carbonyl (C=O) groups is 2.